The number of rotatable bonds is 3. The Balaban J connectivity index is 1.75. The van der Waals surface area contributed by atoms with E-state index in [1.807, 2.05) is 12.1 Å². The van der Waals surface area contributed by atoms with Gasteiger partial charge in [-0.25, -0.2) is 4.98 Å². The van der Waals surface area contributed by atoms with Crippen molar-refractivity contribution < 1.29 is 4.79 Å². The minimum absolute atomic E-state index is 0.192. The van der Waals surface area contributed by atoms with Gasteiger partial charge in [0.15, 0.2) is 0 Å². The molecule has 0 unspecified atom stereocenters. The van der Waals surface area contributed by atoms with E-state index in [0.717, 1.165) is 5.69 Å². The number of pyridine rings is 1. The summed E-state index contributed by atoms with van der Waals surface area (Å²) in [4.78, 5) is 17.6. The monoisotopic (exact) mass is 343 g/mol. The number of halogens is 1. The van der Waals surface area contributed by atoms with Crippen LogP contribution in [0.2, 0.25) is 0 Å². The lowest BCUT2D eigenvalue weighted by Gasteiger charge is -2.06. The molecule has 0 aliphatic carbocycles. The van der Waals surface area contributed by atoms with E-state index in [1.165, 1.54) is 4.80 Å². The number of amides is 1. The molecule has 0 bridgehead atoms. The maximum atomic E-state index is 12.1. The Bertz CT molecular complexity index is 755. The van der Waals surface area contributed by atoms with E-state index in [-0.39, 0.29) is 5.91 Å². The molecule has 7 heteroatoms. The Morgan fingerprint density at radius 3 is 2.43 bits per heavy atom. The van der Waals surface area contributed by atoms with Crippen LogP contribution in [0.15, 0.2) is 59.6 Å². The Kier molecular flexibility index (Phi) is 3.74. The average Bonchev–Trinajstić information content (AvgIpc) is 3.02. The maximum absolute atomic E-state index is 12.1. The van der Waals surface area contributed by atoms with Crippen LogP contribution in [0.25, 0.3) is 5.69 Å². The van der Waals surface area contributed by atoms with Gasteiger partial charge in [-0.15, -0.1) is 0 Å². The predicted molar refractivity (Wildman–Crippen MR) is 81.2 cm³/mol. The second kappa shape index (κ2) is 5.84. The number of hydrogen-bond acceptors (Lipinski definition) is 4. The molecule has 2 aromatic heterocycles. The number of nitrogens with zero attached hydrogens (tertiary/aromatic N) is 4. The second-order valence-corrected chi connectivity index (χ2v) is 5.00. The highest BCUT2D eigenvalue weighted by Gasteiger charge is 2.07. The molecule has 1 aromatic carbocycles. The number of aromatic nitrogens is 4. The van der Waals surface area contributed by atoms with Crippen molar-refractivity contribution in [2.75, 3.05) is 5.32 Å². The number of nitrogens with one attached hydrogen (secondary N) is 1. The molecule has 0 radical (unpaired) electrons. The van der Waals surface area contributed by atoms with E-state index >= 15 is 0 Å². The molecule has 6 nitrogen and oxygen atoms in total. The molecule has 0 spiro atoms. The van der Waals surface area contributed by atoms with E-state index < -0.39 is 0 Å². The standard InChI is InChI=1S/C14H10BrN5O/c15-13-9-10(5-6-16-13)14(21)19-11-1-3-12(4-2-11)20-17-7-8-18-20/h1-9H,(H,19,21). The molecular weight excluding hydrogens is 334 g/mol. The summed E-state index contributed by atoms with van der Waals surface area (Å²) in [7, 11) is 0. The van der Waals surface area contributed by atoms with Gasteiger partial charge in [0.25, 0.3) is 5.91 Å². The molecule has 0 aliphatic heterocycles. The van der Waals surface area contributed by atoms with Crippen molar-refractivity contribution in [3.05, 3.63) is 65.2 Å². The fraction of sp³-hybridized carbons (Fsp3) is 0. The van der Waals surface area contributed by atoms with Gasteiger partial charge in [0.1, 0.15) is 4.60 Å². The van der Waals surface area contributed by atoms with E-state index in [4.69, 9.17) is 0 Å². The van der Waals surface area contributed by atoms with Crippen LogP contribution in [0.5, 0.6) is 0 Å². The van der Waals surface area contributed by atoms with E-state index in [9.17, 15) is 4.79 Å². The lowest BCUT2D eigenvalue weighted by atomic mass is 10.2. The molecule has 21 heavy (non-hydrogen) atoms. The van der Waals surface area contributed by atoms with Gasteiger partial charge in [-0.3, -0.25) is 4.79 Å². The molecule has 0 saturated heterocycles. The van der Waals surface area contributed by atoms with Gasteiger partial charge < -0.3 is 5.32 Å². The van der Waals surface area contributed by atoms with Crippen molar-refractivity contribution >= 4 is 27.5 Å². The summed E-state index contributed by atoms with van der Waals surface area (Å²) in [6, 6.07) is 10.6. The summed E-state index contributed by atoms with van der Waals surface area (Å²) in [5.74, 6) is -0.192. The number of hydrogen-bond donors (Lipinski definition) is 1. The lowest BCUT2D eigenvalue weighted by molar-refractivity contribution is 0.102. The molecule has 1 N–H and O–H groups in total. The molecular formula is C14H10BrN5O. The molecule has 3 rings (SSSR count). The van der Waals surface area contributed by atoms with Gasteiger partial charge in [0.05, 0.1) is 18.1 Å². The maximum Gasteiger partial charge on any atom is 0.255 e. The van der Waals surface area contributed by atoms with Crippen LogP contribution in [0.3, 0.4) is 0 Å². The third kappa shape index (κ3) is 3.14. The topological polar surface area (TPSA) is 72.7 Å². The highest BCUT2D eigenvalue weighted by molar-refractivity contribution is 9.10. The van der Waals surface area contributed by atoms with E-state index in [2.05, 4.69) is 36.4 Å². The Labute approximate surface area is 129 Å². The number of benzene rings is 1. The lowest BCUT2D eigenvalue weighted by Crippen LogP contribution is -2.12. The van der Waals surface area contributed by atoms with Crippen LogP contribution >= 0.6 is 15.9 Å². The number of anilines is 1. The molecule has 0 saturated carbocycles. The zero-order chi connectivity index (χ0) is 14.7. The Morgan fingerprint density at radius 1 is 1.05 bits per heavy atom. The van der Waals surface area contributed by atoms with Crippen molar-refractivity contribution in [1.29, 1.82) is 0 Å². The van der Waals surface area contributed by atoms with Gasteiger partial charge >= 0.3 is 0 Å². The van der Waals surface area contributed by atoms with Gasteiger partial charge in [-0.05, 0) is 52.3 Å². The van der Waals surface area contributed by atoms with Gasteiger partial charge in [0, 0.05) is 17.4 Å². The van der Waals surface area contributed by atoms with Gasteiger partial charge in [-0.1, -0.05) is 0 Å². The third-order valence-corrected chi connectivity index (χ3v) is 3.20. The zero-order valence-electron chi connectivity index (χ0n) is 10.8. The van der Waals surface area contributed by atoms with Crippen LogP contribution in [-0.2, 0) is 0 Å². The summed E-state index contributed by atoms with van der Waals surface area (Å²) in [5.41, 5.74) is 2.06. The normalized spacial score (nSPS) is 10.3. The van der Waals surface area contributed by atoms with Crippen LogP contribution in [-0.4, -0.2) is 25.9 Å². The van der Waals surface area contributed by atoms with E-state index in [0.29, 0.717) is 15.9 Å². The zero-order valence-corrected chi connectivity index (χ0v) is 12.4. The summed E-state index contributed by atoms with van der Waals surface area (Å²) in [5, 5.41) is 10.9. The number of carbonyl (C=O) groups is 1. The van der Waals surface area contributed by atoms with Crippen molar-refractivity contribution in [2.24, 2.45) is 0 Å². The summed E-state index contributed by atoms with van der Waals surface area (Å²) in [6.07, 6.45) is 4.79. The Hall–Kier alpha value is -2.54. The van der Waals surface area contributed by atoms with E-state index in [1.54, 1.807) is 42.9 Å². The van der Waals surface area contributed by atoms with Crippen LogP contribution in [0, 0.1) is 0 Å². The van der Waals surface area contributed by atoms with Crippen LogP contribution in [0.1, 0.15) is 10.4 Å². The molecule has 1 amide bonds. The quantitative estimate of drug-likeness (QED) is 0.742. The van der Waals surface area contributed by atoms with Crippen molar-refractivity contribution in [3.8, 4) is 5.69 Å². The van der Waals surface area contributed by atoms with Crippen molar-refractivity contribution in [2.45, 2.75) is 0 Å². The molecule has 104 valence electrons. The molecule has 3 aromatic rings. The highest BCUT2D eigenvalue weighted by atomic mass is 79.9. The minimum Gasteiger partial charge on any atom is -0.322 e. The predicted octanol–water partition coefficient (Wildman–Crippen LogP) is 2.68. The summed E-state index contributed by atoms with van der Waals surface area (Å²) >= 11 is 3.24. The van der Waals surface area contributed by atoms with Crippen molar-refractivity contribution in [3.63, 3.8) is 0 Å². The summed E-state index contributed by atoms with van der Waals surface area (Å²) in [6.45, 7) is 0. The molecule has 0 atom stereocenters. The smallest absolute Gasteiger partial charge is 0.255 e. The first-order valence-corrected chi connectivity index (χ1v) is 6.91. The fourth-order valence-electron chi connectivity index (χ4n) is 1.77. The second-order valence-electron chi connectivity index (χ2n) is 4.19. The average molecular weight is 344 g/mol. The fourth-order valence-corrected chi connectivity index (χ4v) is 2.14. The summed E-state index contributed by atoms with van der Waals surface area (Å²) < 4.78 is 0.621. The SMILES string of the molecule is O=C(Nc1ccc(-n2nccn2)cc1)c1ccnc(Br)c1. The van der Waals surface area contributed by atoms with Crippen LogP contribution < -0.4 is 5.32 Å². The first-order valence-electron chi connectivity index (χ1n) is 6.12. The number of carbonyl (C=O) groups excluding carboxylic acids is 1. The van der Waals surface area contributed by atoms with Crippen LogP contribution in [0.4, 0.5) is 5.69 Å². The molecule has 2 heterocycles. The minimum atomic E-state index is -0.192. The van der Waals surface area contributed by atoms with Crippen molar-refractivity contribution in [1.82, 2.24) is 20.0 Å². The highest BCUT2D eigenvalue weighted by Crippen LogP contribution is 2.14. The third-order valence-electron chi connectivity index (χ3n) is 2.76. The first-order chi connectivity index (χ1) is 10.2. The molecule has 0 aliphatic rings. The molecule has 0 fully saturated rings. The van der Waals surface area contributed by atoms with Gasteiger partial charge in [-0.2, -0.15) is 15.0 Å². The largest absolute Gasteiger partial charge is 0.322 e. The Morgan fingerprint density at radius 2 is 1.76 bits per heavy atom. The first kappa shape index (κ1) is 13.4. The van der Waals surface area contributed by atoms with Gasteiger partial charge in [0.2, 0.25) is 0 Å².